The smallest absolute Gasteiger partial charge is 0.245 e. The number of nitrogens with one attached hydrogen (secondary N) is 2. The molecule has 0 atom stereocenters. The molecule has 21 heavy (non-hydrogen) atoms. The molecule has 110 valence electrons. The minimum Gasteiger partial charge on any atom is -0.372 e. The lowest BCUT2D eigenvalue weighted by Gasteiger charge is -2.26. The molecule has 2 N–H and O–H groups in total. The van der Waals surface area contributed by atoms with Gasteiger partial charge in [0.15, 0.2) is 0 Å². The molecule has 0 aliphatic rings. The number of rotatable bonds is 5. The molecule has 0 aromatic heterocycles. The minimum atomic E-state index is -0.706. The molecule has 1 amide bonds. The predicted octanol–water partition coefficient (Wildman–Crippen LogP) is 3.85. The summed E-state index contributed by atoms with van der Waals surface area (Å²) in [6.07, 6.45) is 0. The van der Waals surface area contributed by atoms with Crippen molar-refractivity contribution in [1.82, 2.24) is 5.32 Å². The third-order valence-corrected chi connectivity index (χ3v) is 3.42. The van der Waals surface area contributed by atoms with Crippen LogP contribution in [0, 0.1) is 0 Å². The Kier molecular flexibility index (Phi) is 4.86. The van der Waals surface area contributed by atoms with Crippen LogP contribution in [0.5, 0.6) is 0 Å². The van der Waals surface area contributed by atoms with Gasteiger partial charge in [0.2, 0.25) is 5.91 Å². The van der Waals surface area contributed by atoms with Crippen molar-refractivity contribution in [1.29, 1.82) is 0 Å². The highest BCUT2D eigenvalue weighted by atomic mass is 35.5. The number of benzene rings is 2. The summed E-state index contributed by atoms with van der Waals surface area (Å²) in [7, 11) is 0. The van der Waals surface area contributed by atoms with Crippen LogP contribution in [0.4, 0.5) is 5.69 Å². The molecule has 0 fully saturated rings. The summed E-state index contributed by atoms with van der Waals surface area (Å²) in [4.78, 5) is 12.3. The lowest BCUT2D eigenvalue weighted by molar-refractivity contribution is -0.124. The number of hydrogen-bond acceptors (Lipinski definition) is 2. The predicted molar refractivity (Wildman–Crippen MR) is 87.4 cm³/mol. The third kappa shape index (κ3) is 4.50. The summed E-state index contributed by atoms with van der Waals surface area (Å²) < 4.78 is 0. The molecule has 0 aliphatic heterocycles. The van der Waals surface area contributed by atoms with Crippen molar-refractivity contribution >= 4 is 23.2 Å². The van der Waals surface area contributed by atoms with Gasteiger partial charge in [-0.3, -0.25) is 4.79 Å². The second-order valence-electron chi connectivity index (χ2n) is 5.43. The highest BCUT2D eigenvalue weighted by Crippen LogP contribution is 2.18. The quantitative estimate of drug-likeness (QED) is 0.881. The largest absolute Gasteiger partial charge is 0.372 e. The van der Waals surface area contributed by atoms with Gasteiger partial charge in [-0.1, -0.05) is 41.9 Å². The Hall–Kier alpha value is -2.00. The van der Waals surface area contributed by atoms with E-state index >= 15 is 0 Å². The van der Waals surface area contributed by atoms with Crippen LogP contribution < -0.4 is 10.6 Å². The van der Waals surface area contributed by atoms with Crippen molar-refractivity contribution in [2.75, 3.05) is 5.32 Å². The Balaban J connectivity index is 1.95. The van der Waals surface area contributed by atoms with Crippen molar-refractivity contribution in [3.05, 3.63) is 65.2 Å². The monoisotopic (exact) mass is 302 g/mol. The molecule has 2 rings (SSSR count). The molecule has 0 radical (unpaired) electrons. The number of amides is 1. The third-order valence-electron chi connectivity index (χ3n) is 3.16. The highest BCUT2D eigenvalue weighted by Gasteiger charge is 2.26. The summed E-state index contributed by atoms with van der Waals surface area (Å²) in [5.74, 6) is -0.0543. The summed E-state index contributed by atoms with van der Waals surface area (Å²) >= 11 is 5.86. The Morgan fingerprint density at radius 1 is 1.05 bits per heavy atom. The average Bonchev–Trinajstić information content (AvgIpc) is 2.48. The highest BCUT2D eigenvalue weighted by molar-refractivity contribution is 6.30. The zero-order chi connectivity index (χ0) is 15.3. The van der Waals surface area contributed by atoms with Crippen molar-refractivity contribution in [2.24, 2.45) is 0 Å². The Bertz CT molecular complexity index is 594. The van der Waals surface area contributed by atoms with E-state index in [9.17, 15) is 4.79 Å². The first-order valence-corrected chi connectivity index (χ1v) is 7.21. The van der Waals surface area contributed by atoms with Crippen LogP contribution in [0.3, 0.4) is 0 Å². The van der Waals surface area contributed by atoms with Gasteiger partial charge in [0.1, 0.15) is 5.54 Å². The van der Waals surface area contributed by atoms with Crippen LogP contribution in [0.25, 0.3) is 0 Å². The molecule has 0 spiro atoms. The minimum absolute atomic E-state index is 0.0543. The number of hydrogen-bond donors (Lipinski definition) is 2. The Morgan fingerprint density at radius 3 is 2.29 bits per heavy atom. The maximum absolute atomic E-state index is 12.3. The lowest BCUT2D eigenvalue weighted by Crippen LogP contribution is -2.47. The van der Waals surface area contributed by atoms with Gasteiger partial charge in [-0.2, -0.15) is 0 Å². The van der Waals surface area contributed by atoms with Gasteiger partial charge in [0.25, 0.3) is 0 Å². The zero-order valence-corrected chi connectivity index (χ0v) is 12.9. The molecule has 3 nitrogen and oxygen atoms in total. The van der Waals surface area contributed by atoms with Crippen molar-refractivity contribution in [2.45, 2.75) is 25.9 Å². The molecule has 2 aromatic rings. The SMILES string of the molecule is CC(C)(Nc1ccc(Cl)cc1)C(=O)NCc1ccccc1. The van der Waals surface area contributed by atoms with E-state index in [4.69, 9.17) is 11.6 Å². The van der Waals surface area contributed by atoms with Crippen molar-refractivity contribution in [3.8, 4) is 0 Å². The van der Waals surface area contributed by atoms with Crippen LogP contribution in [-0.4, -0.2) is 11.4 Å². The van der Waals surface area contributed by atoms with E-state index < -0.39 is 5.54 Å². The second kappa shape index (κ2) is 6.64. The number of carbonyl (C=O) groups is 1. The van der Waals surface area contributed by atoms with Gasteiger partial charge < -0.3 is 10.6 Å². The Morgan fingerprint density at radius 2 is 1.67 bits per heavy atom. The van der Waals surface area contributed by atoms with Crippen LogP contribution in [-0.2, 0) is 11.3 Å². The van der Waals surface area contributed by atoms with Gasteiger partial charge in [0, 0.05) is 17.3 Å². The van der Waals surface area contributed by atoms with Gasteiger partial charge in [-0.05, 0) is 43.7 Å². The zero-order valence-electron chi connectivity index (χ0n) is 12.2. The molecular formula is C17H19ClN2O. The second-order valence-corrected chi connectivity index (χ2v) is 5.86. The fourth-order valence-corrected chi connectivity index (χ4v) is 2.08. The number of carbonyl (C=O) groups excluding carboxylic acids is 1. The maximum atomic E-state index is 12.3. The van der Waals surface area contributed by atoms with Crippen molar-refractivity contribution in [3.63, 3.8) is 0 Å². The summed E-state index contributed by atoms with van der Waals surface area (Å²) in [6.45, 7) is 4.22. The fourth-order valence-electron chi connectivity index (χ4n) is 1.95. The molecule has 0 saturated carbocycles. The molecule has 0 heterocycles. The van der Waals surface area contributed by atoms with E-state index in [-0.39, 0.29) is 5.91 Å². The lowest BCUT2D eigenvalue weighted by atomic mass is 10.0. The van der Waals surface area contributed by atoms with Crippen LogP contribution in [0.1, 0.15) is 19.4 Å². The summed E-state index contributed by atoms with van der Waals surface area (Å²) in [5, 5.41) is 6.83. The first-order valence-electron chi connectivity index (χ1n) is 6.83. The van der Waals surface area contributed by atoms with Crippen LogP contribution >= 0.6 is 11.6 Å². The Labute approximate surface area is 130 Å². The van der Waals surface area contributed by atoms with E-state index in [1.165, 1.54) is 0 Å². The van der Waals surface area contributed by atoms with E-state index in [1.54, 1.807) is 12.1 Å². The number of halogens is 1. The first kappa shape index (κ1) is 15.4. The molecule has 4 heteroatoms. The first-order chi connectivity index (χ1) is 9.97. The number of anilines is 1. The molecule has 0 saturated heterocycles. The normalized spacial score (nSPS) is 11.0. The van der Waals surface area contributed by atoms with Crippen molar-refractivity contribution < 1.29 is 4.79 Å². The summed E-state index contributed by atoms with van der Waals surface area (Å²) in [5.41, 5.74) is 1.23. The topological polar surface area (TPSA) is 41.1 Å². The molecule has 2 aromatic carbocycles. The van der Waals surface area contributed by atoms with Crippen LogP contribution in [0.2, 0.25) is 5.02 Å². The van der Waals surface area contributed by atoms with Crippen LogP contribution in [0.15, 0.2) is 54.6 Å². The van der Waals surface area contributed by atoms with Gasteiger partial charge in [-0.15, -0.1) is 0 Å². The summed E-state index contributed by atoms with van der Waals surface area (Å²) in [6, 6.07) is 17.1. The molecule has 0 aliphatic carbocycles. The fraction of sp³-hybridized carbons (Fsp3) is 0.235. The van der Waals surface area contributed by atoms with Gasteiger partial charge in [-0.25, -0.2) is 0 Å². The van der Waals surface area contributed by atoms with E-state index in [0.717, 1.165) is 11.3 Å². The maximum Gasteiger partial charge on any atom is 0.245 e. The van der Waals surface area contributed by atoms with E-state index in [0.29, 0.717) is 11.6 Å². The molecule has 0 bridgehead atoms. The van der Waals surface area contributed by atoms with E-state index in [1.807, 2.05) is 56.3 Å². The molecule has 0 unspecified atom stereocenters. The van der Waals surface area contributed by atoms with Gasteiger partial charge in [0.05, 0.1) is 0 Å². The standard InChI is InChI=1S/C17H19ClN2O/c1-17(2,20-15-10-8-14(18)9-11-15)16(21)19-12-13-6-4-3-5-7-13/h3-11,20H,12H2,1-2H3,(H,19,21). The van der Waals surface area contributed by atoms with E-state index in [2.05, 4.69) is 10.6 Å². The average molecular weight is 303 g/mol. The van der Waals surface area contributed by atoms with Gasteiger partial charge >= 0.3 is 0 Å². The molecular weight excluding hydrogens is 284 g/mol.